The van der Waals surface area contributed by atoms with Crippen LogP contribution in [0.25, 0.3) is 0 Å². The van der Waals surface area contributed by atoms with Gasteiger partial charge in [-0.2, -0.15) is 0 Å². The third-order valence-corrected chi connectivity index (χ3v) is 4.85. The van der Waals surface area contributed by atoms with E-state index in [-0.39, 0.29) is 11.8 Å². The Bertz CT molecular complexity index is 472. The molecule has 0 bridgehead atoms. The standard InChI is InChI=1S/C14H19NO4S.C2H6/c1-17-13(16)12-11(4-9-20-12)15-10-2-5-14(6-3-10)18-7-8-19-14;1-2/h4,9-10,15H,2-3,5-8H2,1H3;1-2H3. The second-order valence-electron chi connectivity index (χ2n) is 5.18. The number of nitrogens with one attached hydrogen (secondary N) is 1. The predicted octanol–water partition coefficient (Wildman–Crippen LogP) is 3.66. The summed E-state index contributed by atoms with van der Waals surface area (Å²) >= 11 is 1.40. The van der Waals surface area contributed by atoms with Crippen LogP contribution in [0.15, 0.2) is 11.4 Å². The highest BCUT2D eigenvalue weighted by Gasteiger charge is 2.40. The number of carbonyl (C=O) groups excluding carboxylic acids is 1. The first kappa shape index (κ1) is 17.2. The van der Waals surface area contributed by atoms with Crippen molar-refractivity contribution in [3.8, 4) is 0 Å². The number of hydrogen-bond donors (Lipinski definition) is 1. The Morgan fingerprint density at radius 1 is 1.32 bits per heavy atom. The van der Waals surface area contributed by atoms with Crippen LogP contribution in [0.4, 0.5) is 5.69 Å². The summed E-state index contributed by atoms with van der Waals surface area (Å²) in [4.78, 5) is 12.3. The molecule has 6 heteroatoms. The molecule has 1 saturated carbocycles. The lowest BCUT2D eigenvalue weighted by Crippen LogP contribution is -2.39. The molecule has 0 atom stereocenters. The molecule has 1 aliphatic carbocycles. The highest BCUT2D eigenvalue weighted by molar-refractivity contribution is 7.12. The zero-order valence-corrected chi connectivity index (χ0v) is 14.3. The number of esters is 1. The Morgan fingerprint density at radius 2 is 1.95 bits per heavy atom. The Hall–Kier alpha value is -1.11. The van der Waals surface area contributed by atoms with Crippen molar-refractivity contribution >= 4 is 23.0 Å². The summed E-state index contributed by atoms with van der Waals surface area (Å²) in [5.74, 6) is -0.616. The molecule has 0 aromatic carbocycles. The maximum atomic E-state index is 11.6. The lowest BCUT2D eigenvalue weighted by molar-refractivity contribution is -0.177. The maximum Gasteiger partial charge on any atom is 0.350 e. The van der Waals surface area contributed by atoms with Gasteiger partial charge in [0.1, 0.15) is 4.88 Å². The van der Waals surface area contributed by atoms with Crippen molar-refractivity contribution in [2.75, 3.05) is 25.6 Å². The van der Waals surface area contributed by atoms with E-state index in [1.165, 1.54) is 18.4 Å². The summed E-state index contributed by atoms with van der Waals surface area (Å²) in [6.07, 6.45) is 3.78. The van der Waals surface area contributed by atoms with E-state index < -0.39 is 0 Å². The van der Waals surface area contributed by atoms with Crippen molar-refractivity contribution in [2.45, 2.75) is 51.4 Å². The molecule has 0 amide bonds. The monoisotopic (exact) mass is 327 g/mol. The minimum absolute atomic E-state index is 0.280. The van der Waals surface area contributed by atoms with E-state index in [1.807, 2.05) is 25.3 Å². The van der Waals surface area contributed by atoms with Crippen molar-refractivity contribution in [3.05, 3.63) is 16.3 Å². The molecular formula is C16H25NO4S. The zero-order valence-electron chi connectivity index (χ0n) is 13.5. The van der Waals surface area contributed by atoms with Gasteiger partial charge in [0.25, 0.3) is 0 Å². The first-order valence-electron chi connectivity index (χ1n) is 7.93. The largest absolute Gasteiger partial charge is 0.465 e. The SMILES string of the molecule is CC.COC(=O)c1sccc1NC1CCC2(CC1)OCCO2. The maximum absolute atomic E-state index is 11.6. The second kappa shape index (κ2) is 7.94. The number of methoxy groups -OCH3 is 1. The molecule has 5 nitrogen and oxygen atoms in total. The summed E-state index contributed by atoms with van der Waals surface area (Å²) in [7, 11) is 1.41. The Labute approximate surface area is 135 Å². The number of thiophene rings is 1. The van der Waals surface area contributed by atoms with E-state index in [0.29, 0.717) is 24.1 Å². The van der Waals surface area contributed by atoms with Crippen LogP contribution >= 0.6 is 11.3 Å². The van der Waals surface area contributed by atoms with E-state index in [9.17, 15) is 4.79 Å². The van der Waals surface area contributed by atoms with Gasteiger partial charge in [-0.25, -0.2) is 4.79 Å². The lowest BCUT2D eigenvalue weighted by atomic mass is 9.90. The highest BCUT2D eigenvalue weighted by atomic mass is 32.1. The Morgan fingerprint density at radius 3 is 2.55 bits per heavy atom. The summed E-state index contributed by atoms with van der Waals surface area (Å²) in [5, 5.41) is 5.35. The van der Waals surface area contributed by atoms with Crippen LogP contribution in [-0.2, 0) is 14.2 Å². The van der Waals surface area contributed by atoms with Crippen molar-refractivity contribution in [2.24, 2.45) is 0 Å². The van der Waals surface area contributed by atoms with E-state index >= 15 is 0 Å². The molecule has 1 aliphatic heterocycles. The average molecular weight is 327 g/mol. The van der Waals surface area contributed by atoms with E-state index in [4.69, 9.17) is 14.2 Å². The van der Waals surface area contributed by atoms with Gasteiger partial charge >= 0.3 is 5.97 Å². The topological polar surface area (TPSA) is 56.8 Å². The average Bonchev–Trinajstić information content (AvgIpc) is 3.21. The minimum Gasteiger partial charge on any atom is -0.465 e. The summed E-state index contributed by atoms with van der Waals surface area (Å²) < 4.78 is 16.2. The van der Waals surface area contributed by atoms with Crippen molar-refractivity contribution < 1.29 is 19.0 Å². The van der Waals surface area contributed by atoms with E-state index in [0.717, 1.165) is 31.4 Å². The van der Waals surface area contributed by atoms with Gasteiger partial charge in [0.2, 0.25) is 0 Å². The molecule has 22 heavy (non-hydrogen) atoms. The molecule has 1 aromatic rings. The molecule has 2 aliphatic rings. The smallest absolute Gasteiger partial charge is 0.350 e. The van der Waals surface area contributed by atoms with Gasteiger partial charge < -0.3 is 19.5 Å². The Balaban J connectivity index is 0.000000847. The fourth-order valence-electron chi connectivity index (χ4n) is 2.88. The van der Waals surface area contributed by atoms with Crippen LogP contribution in [0.3, 0.4) is 0 Å². The summed E-state index contributed by atoms with van der Waals surface area (Å²) in [6, 6.07) is 2.29. The van der Waals surface area contributed by atoms with Gasteiger partial charge in [0.15, 0.2) is 5.79 Å². The fourth-order valence-corrected chi connectivity index (χ4v) is 3.65. The number of hydrogen-bond acceptors (Lipinski definition) is 6. The van der Waals surface area contributed by atoms with Crippen molar-refractivity contribution in [3.63, 3.8) is 0 Å². The van der Waals surface area contributed by atoms with Gasteiger partial charge in [0, 0.05) is 18.9 Å². The van der Waals surface area contributed by atoms with Crippen LogP contribution in [0.2, 0.25) is 0 Å². The molecule has 1 N–H and O–H groups in total. The molecule has 124 valence electrons. The van der Waals surface area contributed by atoms with Gasteiger partial charge in [-0.05, 0) is 24.3 Å². The fraction of sp³-hybridized carbons (Fsp3) is 0.688. The van der Waals surface area contributed by atoms with Gasteiger partial charge in [-0.3, -0.25) is 0 Å². The third kappa shape index (κ3) is 3.80. The van der Waals surface area contributed by atoms with Crippen molar-refractivity contribution in [1.29, 1.82) is 0 Å². The molecule has 3 rings (SSSR count). The third-order valence-electron chi connectivity index (χ3n) is 3.96. The predicted molar refractivity (Wildman–Crippen MR) is 87.5 cm³/mol. The molecule has 1 aromatic heterocycles. The second-order valence-corrected chi connectivity index (χ2v) is 6.10. The quantitative estimate of drug-likeness (QED) is 0.859. The minimum atomic E-state index is -0.335. The number of anilines is 1. The van der Waals surface area contributed by atoms with E-state index in [2.05, 4.69) is 5.32 Å². The Kier molecular flexibility index (Phi) is 6.23. The van der Waals surface area contributed by atoms with Crippen LogP contribution in [-0.4, -0.2) is 38.1 Å². The van der Waals surface area contributed by atoms with Crippen LogP contribution in [0.5, 0.6) is 0 Å². The first-order valence-corrected chi connectivity index (χ1v) is 8.81. The molecule has 2 fully saturated rings. The normalized spacial score (nSPS) is 20.3. The molecule has 2 heterocycles. The molecule has 1 saturated heterocycles. The first-order chi connectivity index (χ1) is 10.7. The molecular weight excluding hydrogens is 302 g/mol. The zero-order chi connectivity index (χ0) is 16.0. The van der Waals surface area contributed by atoms with Crippen molar-refractivity contribution in [1.82, 2.24) is 0 Å². The summed E-state index contributed by atoms with van der Waals surface area (Å²) in [5.41, 5.74) is 0.871. The molecule has 1 spiro atoms. The highest BCUT2D eigenvalue weighted by Crippen LogP contribution is 2.37. The van der Waals surface area contributed by atoms with Crippen LogP contribution < -0.4 is 5.32 Å². The molecule has 0 unspecified atom stereocenters. The van der Waals surface area contributed by atoms with Gasteiger partial charge in [0.05, 0.1) is 26.0 Å². The van der Waals surface area contributed by atoms with Crippen LogP contribution in [0.1, 0.15) is 49.2 Å². The van der Waals surface area contributed by atoms with E-state index in [1.54, 1.807) is 0 Å². The van der Waals surface area contributed by atoms with Crippen LogP contribution in [0, 0.1) is 0 Å². The number of rotatable bonds is 3. The molecule has 0 radical (unpaired) electrons. The number of ether oxygens (including phenoxy) is 3. The number of carbonyl (C=O) groups is 1. The van der Waals surface area contributed by atoms with Gasteiger partial charge in [-0.1, -0.05) is 13.8 Å². The summed E-state index contributed by atoms with van der Waals surface area (Å²) in [6.45, 7) is 5.41. The van der Waals surface area contributed by atoms with Gasteiger partial charge in [-0.15, -0.1) is 11.3 Å². The lowest BCUT2D eigenvalue weighted by Gasteiger charge is -2.35.